The number of nitrogens with one attached hydrogen (secondary N) is 1. The predicted octanol–water partition coefficient (Wildman–Crippen LogP) is 1.97. The molecule has 0 unspecified atom stereocenters. The Kier molecular flexibility index (Phi) is 3.69. The van der Waals surface area contributed by atoms with E-state index in [4.69, 9.17) is 17.3 Å². The molecule has 1 aliphatic rings. The second-order valence-corrected chi connectivity index (χ2v) is 5.50. The topological polar surface area (TPSA) is 72.9 Å². The number of aromatic nitrogens is 2. The zero-order valence-electron chi connectivity index (χ0n) is 11.8. The third-order valence-electron chi connectivity index (χ3n) is 3.80. The monoisotopic (exact) mass is 304 g/mol. The molecule has 0 atom stereocenters. The van der Waals surface area contributed by atoms with E-state index in [0.717, 1.165) is 36.3 Å². The van der Waals surface area contributed by atoms with Crippen LogP contribution in [0.2, 0.25) is 5.02 Å². The van der Waals surface area contributed by atoms with Crippen molar-refractivity contribution in [3.63, 3.8) is 0 Å². The zero-order chi connectivity index (χ0) is 15.0. The van der Waals surface area contributed by atoms with Crippen LogP contribution in [0.1, 0.15) is 28.5 Å². The molecule has 2 heterocycles. The van der Waals surface area contributed by atoms with Gasteiger partial charge in [-0.1, -0.05) is 30.7 Å². The van der Waals surface area contributed by atoms with E-state index in [9.17, 15) is 4.79 Å². The van der Waals surface area contributed by atoms with Crippen molar-refractivity contribution < 1.29 is 4.79 Å². The number of hydrogen-bond donors (Lipinski definition) is 2. The fraction of sp³-hybridized carbons (Fsp3) is 0.333. The van der Waals surface area contributed by atoms with E-state index in [1.165, 1.54) is 0 Å². The molecule has 0 radical (unpaired) electrons. The average molecular weight is 305 g/mol. The molecule has 1 amide bonds. The highest BCUT2D eigenvalue weighted by Gasteiger charge is 2.24. The van der Waals surface area contributed by atoms with Crippen LogP contribution in [-0.2, 0) is 19.5 Å². The number of amides is 1. The number of carbonyl (C=O) groups excluding carboxylic acids is 1. The zero-order valence-corrected chi connectivity index (χ0v) is 12.6. The van der Waals surface area contributed by atoms with Crippen molar-refractivity contribution >= 4 is 17.5 Å². The molecule has 1 aromatic heterocycles. The van der Waals surface area contributed by atoms with Crippen LogP contribution in [0.5, 0.6) is 0 Å². The van der Waals surface area contributed by atoms with E-state index in [-0.39, 0.29) is 0 Å². The maximum Gasteiger partial charge on any atom is 0.252 e. The number of carbonyl (C=O) groups is 1. The van der Waals surface area contributed by atoms with Crippen LogP contribution < -0.4 is 11.1 Å². The lowest BCUT2D eigenvalue weighted by Crippen LogP contribution is -2.30. The van der Waals surface area contributed by atoms with Gasteiger partial charge in [0, 0.05) is 23.7 Å². The number of fused-ring (bicyclic) bond motifs is 1. The van der Waals surface area contributed by atoms with Gasteiger partial charge >= 0.3 is 0 Å². The molecule has 21 heavy (non-hydrogen) atoms. The van der Waals surface area contributed by atoms with Crippen LogP contribution in [-0.4, -0.2) is 22.2 Å². The van der Waals surface area contributed by atoms with E-state index >= 15 is 0 Å². The van der Waals surface area contributed by atoms with Crippen molar-refractivity contribution in [3.05, 3.63) is 40.0 Å². The number of halogens is 1. The Labute approximate surface area is 128 Å². The first-order valence-electron chi connectivity index (χ1n) is 7.00. The van der Waals surface area contributed by atoms with Crippen LogP contribution in [0.3, 0.4) is 0 Å². The molecule has 5 nitrogen and oxygen atoms in total. The summed E-state index contributed by atoms with van der Waals surface area (Å²) >= 11 is 6.27. The van der Waals surface area contributed by atoms with Gasteiger partial charge in [-0.15, -0.1) is 0 Å². The average Bonchev–Trinajstić information content (AvgIpc) is 2.86. The maximum absolute atomic E-state index is 11.8. The van der Waals surface area contributed by atoms with Crippen molar-refractivity contribution in [1.82, 2.24) is 15.1 Å². The Morgan fingerprint density at radius 2 is 2.33 bits per heavy atom. The van der Waals surface area contributed by atoms with E-state index in [1.807, 2.05) is 22.9 Å². The first-order chi connectivity index (χ1) is 10.1. The highest BCUT2D eigenvalue weighted by atomic mass is 35.5. The lowest BCUT2D eigenvalue weighted by Gasteiger charge is -2.15. The number of aryl methyl sites for hydroxylation is 1. The molecule has 1 aromatic carbocycles. The van der Waals surface area contributed by atoms with Gasteiger partial charge in [0.05, 0.1) is 17.8 Å². The standard InChI is InChI=1S/C15H17ClN4O/c1-2-9-3-4-10(7-11(9)16)14-13(15(17)21)12-8-18-5-6-20(12)19-14/h3-4,7,18H,2,5-6,8H2,1H3,(H2,17,21). The van der Waals surface area contributed by atoms with Crippen LogP contribution in [0.25, 0.3) is 11.3 Å². The number of primary amides is 1. The largest absolute Gasteiger partial charge is 0.365 e. The van der Waals surface area contributed by atoms with Crippen LogP contribution in [0.4, 0.5) is 0 Å². The van der Waals surface area contributed by atoms with Gasteiger partial charge in [-0.2, -0.15) is 5.10 Å². The van der Waals surface area contributed by atoms with E-state index < -0.39 is 5.91 Å². The van der Waals surface area contributed by atoms with Crippen molar-refractivity contribution in [2.45, 2.75) is 26.4 Å². The first-order valence-corrected chi connectivity index (χ1v) is 7.38. The summed E-state index contributed by atoms with van der Waals surface area (Å²) in [5.41, 5.74) is 9.42. The van der Waals surface area contributed by atoms with E-state index in [2.05, 4.69) is 17.3 Å². The molecule has 0 saturated carbocycles. The molecule has 0 fully saturated rings. The van der Waals surface area contributed by atoms with Gasteiger partial charge in [0.15, 0.2) is 0 Å². The highest BCUT2D eigenvalue weighted by molar-refractivity contribution is 6.31. The molecule has 0 saturated heterocycles. The van der Waals surface area contributed by atoms with Gasteiger partial charge in [0.2, 0.25) is 0 Å². The minimum Gasteiger partial charge on any atom is -0.365 e. The normalized spacial score (nSPS) is 14.0. The van der Waals surface area contributed by atoms with E-state index in [0.29, 0.717) is 22.8 Å². The fourth-order valence-electron chi connectivity index (χ4n) is 2.70. The molecule has 3 rings (SSSR count). The summed E-state index contributed by atoms with van der Waals surface area (Å²) in [4.78, 5) is 11.8. The van der Waals surface area contributed by atoms with Crippen LogP contribution in [0, 0.1) is 0 Å². The fourth-order valence-corrected chi connectivity index (χ4v) is 3.01. The van der Waals surface area contributed by atoms with Crippen molar-refractivity contribution in [3.8, 4) is 11.3 Å². The van der Waals surface area contributed by atoms with Crippen molar-refractivity contribution in [1.29, 1.82) is 0 Å². The number of nitrogens with two attached hydrogens (primary N) is 1. The van der Waals surface area contributed by atoms with Gasteiger partial charge in [0.1, 0.15) is 5.69 Å². The Balaban J connectivity index is 2.16. The summed E-state index contributed by atoms with van der Waals surface area (Å²) < 4.78 is 1.85. The van der Waals surface area contributed by atoms with Gasteiger partial charge in [-0.3, -0.25) is 9.48 Å². The summed E-state index contributed by atoms with van der Waals surface area (Å²) in [6.45, 7) is 4.22. The summed E-state index contributed by atoms with van der Waals surface area (Å²) in [6.07, 6.45) is 0.866. The number of hydrogen-bond acceptors (Lipinski definition) is 3. The third kappa shape index (κ3) is 2.43. The van der Waals surface area contributed by atoms with Gasteiger partial charge < -0.3 is 11.1 Å². The summed E-state index contributed by atoms with van der Waals surface area (Å²) in [6, 6.07) is 5.77. The van der Waals surface area contributed by atoms with Gasteiger partial charge in [0.25, 0.3) is 5.91 Å². The minimum atomic E-state index is -0.453. The lowest BCUT2D eigenvalue weighted by atomic mass is 10.0. The SMILES string of the molecule is CCc1ccc(-c2nn3c(c2C(N)=O)CNCC3)cc1Cl. The van der Waals surface area contributed by atoms with Gasteiger partial charge in [-0.05, 0) is 18.1 Å². The summed E-state index contributed by atoms with van der Waals surface area (Å²) in [7, 11) is 0. The molecule has 0 spiro atoms. The predicted molar refractivity (Wildman–Crippen MR) is 82.3 cm³/mol. The smallest absolute Gasteiger partial charge is 0.252 e. The van der Waals surface area contributed by atoms with Crippen LogP contribution in [0.15, 0.2) is 18.2 Å². The maximum atomic E-state index is 11.8. The van der Waals surface area contributed by atoms with E-state index in [1.54, 1.807) is 0 Å². The Morgan fingerprint density at radius 1 is 1.52 bits per heavy atom. The molecule has 2 aromatic rings. The van der Waals surface area contributed by atoms with Gasteiger partial charge in [-0.25, -0.2) is 0 Å². The molecular formula is C15H17ClN4O. The number of rotatable bonds is 3. The quantitative estimate of drug-likeness (QED) is 0.910. The Bertz CT molecular complexity index is 708. The number of nitrogens with zero attached hydrogens (tertiary/aromatic N) is 2. The lowest BCUT2D eigenvalue weighted by molar-refractivity contribution is 0.0999. The molecule has 3 N–H and O–H groups in total. The molecule has 110 valence electrons. The molecule has 0 bridgehead atoms. The Morgan fingerprint density at radius 3 is 3.00 bits per heavy atom. The third-order valence-corrected chi connectivity index (χ3v) is 4.16. The summed E-state index contributed by atoms with van der Waals surface area (Å²) in [5, 5.41) is 8.48. The molecule has 0 aliphatic carbocycles. The van der Waals surface area contributed by atoms with Crippen LogP contribution >= 0.6 is 11.6 Å². The molecule has 6 heteroatoms. The Hall–Kier alpha value is -1.85. The molecular weight excluding hydrogens is 288 g/mol. The van der Waals surface area contributed by atoms with Crippen molar-refractivity contribution in [2.24, 2.45) is 5.73 Å². The second kappa shape index (κ2) is 5.50. The van der Waals surface area contributed by atoms with Crippen molar-refractivity contribution in [2.75, 3.05) is 6.54 Å². The first kappa shape index (κ1) is 14.1. The highest BCUT2D eigenvalue weighted by Crippen LogP contribution is 2.30. The number of benzene rings is 1. The summed E-state index contributed by atoms with van der Waals surface area (Å²) in [5.74, 6) is -0.453. The minimum absolute atomic E-state index is 0.453. The second-order valence-electron chi connectivity index (χ2n) is 5.09. The molecule has 1 aliphatic heterocycles.